The van der Waals surface area contributed by atoms with E-state index in [0.29, 0.717) is 0 Å². The van der Waals surface area contributed by atoms with Gasteiger partial charge in [0.05, 0.1) is 16.7 Å². The van der Waals surface area contributed by atoms with Gasteiger partial charge in [-0.1, -0.05) is 176 Å². The van der Waals surface area contributed by atoms with E-state index < -0.39 is 0 Å². The van der Waals surface area contributed by atoms with E-state index >= 15 is 0 Å². The van der Waals surface area contributed by atoms with E-state index in [1.54, 1.807) is 0 Å². The lowest BCUT2D eigenvalue weighted by molar-refractivity contribution is 0.670. The van der Waals surface area contributed by atoms with Gasteiger partial charge in [0.25, 0.3) is 0 Å². The SMILES string of the molecule is c1ccc(-c2ccc3c(c2)c2ccccc2n3-c2ccccc2-c2ccc(-c3ccc(N(c4ccccc4)c4ccc(-c5cccc6c5oc5ccccc56)cc4)cc3)cc2)cc1. The Labute approximate surface area is 366 Å². The number of hydrogen-bond donors (Lipinski definition) is 0. The number of aromatic nitrogens is 1. The number of anilines is 3. The number of para-hydroxylation sites is 5. The van der Waals surface area contributed by atoms with Crippen LogP contribution in [-0.4, -0.2) is 4.57 Å². The van der Waals surface area contributed by atoms with Crippen LogP contribution in [0.2, 0.25) is 0 Å². The third kappa shape index (κ3) is 6.38. The number of benzene rings is 10. The number of furan rings is 1. The molecule has 0 aliphatic carbocycles. The Hall–Kier alpha value is -8.40. The molecule has 0 saturated carbocycles. The summed E-state index contributed by atoms with van der Waals surface area (Å²) in [6.45, 7) is 0. The van der Waals surface area contributed by atoms with Crippen LogP contribution in [0.3, 0.4) is 0 Å². The fraction of sp³-hybridized carbons (Fsp3) is 0. The van der Waals surface area contributed by atoms with Crippen molar-refractivity contribution in [3.05, 3.63) is 243 Å². The Morgan fingerprint density at radius 1 is 0.302 bits per heavy atom. The first-order valence-corrected chi connectivity index (χ1v) is 21.5. The average molecular weight is 805 g/mol. The first kappa shape index (κ1) is 36.5. The van der Waals surface area contributed by atoms with Crippen LogP contribution >= 0.6 is 0 Å². The van der Waals surface area contributed by atoms with Gasteiger partial charge in [0, 0.05) is 49.7 Å². The molecule has 3 heteroatoms. The quantitative estimate of drug-likeness (QED) is 0.153. The molecule has 296 valence electrons. The number of fused-ring (bicyclic) bond motifs is 6. The second kappa shape index (κ2) is 15.3. The molecule has 0 bridgehead atoms. The summed E-state index contributed by atoms with van der Waals surface area (Å²) < 4.78 is 8.81. The smallest absolute Gasteiger partial charge is 0.143 e. The van der Waals surface area contributed by atoms with E-state index in [-0.39, 0.29) is 0 Å². The molecule has 2 heterocycles. The zero-order chi connectivity index (χ0) is 41.7. The van der Waals surface area contributed by atoms with Crippen LogP contribution in [0, 0.1) is 0 Å². The summed E-state index contributed by atoms with van der Waals surface area (Å²) in [5.74, 6) is 0. The highest BCUT2D eigenvalue weighted by Crippen LogP contribution is 2.41. The molecule has 2 aromatic heterocycles. The fourth-order valence-corrected chi connectivity index (χ4v) is 9.39. The second-order valence-corrected chi connectivity index (χ2v) is 16.1. The van der Waals surface area contributed by atoms with Gasteiger partial charge < -0.3 is 13.9 Å². The van der Waals surface area contributed by atoms with Crippen LogP contribution in [0.4, 0.5) is 17.1 Å². The highest BCUT2D eigenvalue weighted by atomic mass is 16.3. The molecule has 63 heavy (non-hydrogen) atoms. The van der Waals surface area contributed by atoms with Crippen molar-refractivity contribution in [1.29, 1.82) is 0 Å². The number of hydrogen-bond acceptors (Lipinski definition) is 2. The Bertz CT molecular complexity index is 3580. The molecule has 0 spiro atoms. The average Bonchev–Trinajstić information content (AvgIpc) is 3.91. The van der Waals surface area contributed by atoms with E-state index in [1.165, 1.54) is 49.6 Å². The second-order valence-electron chi connectivity index (χ2n) is 16.1. The molecule has 0 fully saturated rings. The molecular formula is C60H40N2O. The molecule has 0 N–H and O–H groups in total. The standard InChI is InChI=1S/C60H40N2O/c1-3-14-41(15-4-1)46-34-39-58-55(40-46)52-19-8-11-24-57(52)62(58)56-23-10-7-18-50(56)44-28-26-42(27-29-44)43-30-35-48(36-31-43)61(47-16-5-2-6-17-47)49-37-32-45(33-38-49)51-21-13-22-54-53-20-9-12-25-59(53)63-60(51)54/h1-40H. The van der Waals surface area contributed by atoms with Crippen molar-refractivity contribution in [2.24, 2.45) is 0 Å². The molecule has 12 aromatic rings. The van der Waals surface area contributed by atoms with Crippen molar-refractivity contribution in [3.8, 4) is 50.2 Å². The minimum atomic E-state index is 0.908. The summed E-state index contributed by atoms with van der Waals surface area (Å²) >= 11 is 0. The van der Waals surface area contributed by atoms with Crippen molar-refractivity contribution in [3.63, 3.8) is 0 Å². The summed E-state index contributed by atoms with van der Waals surface area (Å²) in [5, 5.41) is 4.77. The molecule has 0 radical (unpaired) electrons. The van der Waals surface area contributed by atoms with E-state index in [1.807, 2.05) is 12.1 Å². The Balaban J connectivity index is 0.859. The van der Waals surface area contributed by atoms with Gasteiger partial charge in [-0.3, -0.25) is 0 Å². The predicted octanol–water partition coefficient (Wildman–Crippen LogP) is 16.8. The minimum absolute atomic E-state index is 0.908. The van der Waals surface area contributed by atoms with Crippen LogP contribution in [-0.2, 0) is 0 Å². The topological polar surface area (TPSA) is 21.3 Å². The lowest BCUT2D eigenvalue weighted by Crippen LogP contribution is -2.09. The summed E-state index contributed by atoms with van der Waals surface area (Å²) in [6, 6.07) is 87.0. The van der Waals surface area contributed by atoms with Gasteiger partial charge in [0.2, 0.25) is 0 Å². The van der Waals surface area contributed by atoms with Crippen molar-refractivity contribution >= 4 is 60.8 Å². The third-order valence-corrected chi connectivity index (χ3v) is 12.4. The highest BCUT2D eigenvalue weighted by molar-refractivity contribution is 6.11. The van der Waals surface area contributed by atoms with Crippen LogP contribution in [0.15, 0.2) is 247 Å². The summed E-state index contributed by atoms with van der Waals surface area (Å²) in [6.07, 6.45) is 0. The van der Waals surface area contributed by atoms with E-state index in [9.17, 15) is 0 Å². The van der Waals surface area contributed by atoms with E-state index in [4.69, 9.17) is 4.42 Å². The van der Waals surface area contributed by atoms with Crippen molar-refractivity contribution in [2.45, 2.75) is 0 Å². The maximum absolute atomic E-state index is 6.38. The summed E-state index contributed by atoms with van der Waals surface area (Å²) in [5.41, 5.74) is 18.0. The molecule has 10 aromatic carbocycles. The molecule has 0 unspecified atom stereocenters. The molecule has 0 atom stereocenters. The van der Waals surface area contributed by atoms with Gasteiger partial charge in [-0.05, 0) is 100 Å². The maximum Gasteiger partial charge on any atom is 0.143 e. The largest absolute Gasteiger partial charge is 0.455 e. The molecule has 0 saturated heterocycles. The van der Waals surface area contributed by atoms with Crippen molar-refractivity contribution in [1.82, 2.24) is 4.57 Å². The molecule has 0 aliphatic heterocycles. The predicted molar refractivity (Wildman–Crippen MR) is 264 cm³/mol. The third-order valence-electron chi connectivity index (χ3n) is 12.4. The Kier molecular flexibility index (Phi) is 8.83. The van der Waals surface area contributed by atoms with Crippen molar-refractivity contribution in [2.75, 3.05) is 4.90 Å². The first-order valence-electron chi connectivity index (χ1n) is 21.5. The molecule has 0 amide bonds. The lowest BCUT2D eigenvalue weighted by Gasteiger charge is -2.26. The van der Waals surface area contributed by atoms with Gasteiger partial charge in [-0.15, -0.1) is 0 Å². The monoisotopic (exact) mass is 804 g/mol. The molecule has 3 nitrogen and oxygen atoms in total. The fourth-order valence-electron chi connectivity index (χ4n) is 9.39. The summed E-state index contributed by atoms with van der Waals surface area (Å²) in [4.78, 5) is 2.31. The van der Waals surface area contributed by atoms with Gasteiger partial charge in [-0.2, -0.15) is 0 Å². The Morgan fingerprint density at radius 2 is 0.794 bits per heavy atom. The zero-order valence-corrected chi connectivity index (χ0v) is 34.4. The van der Waals surface area contributed by atoms with Gasteiger partial charge >= 0.3 is 0 Å². The Morgan fingerprint density at radius 3 is 1.56 bits per heavy atom. The molecule has 0 aliphatic rings. The van der Waals surface area contributed by atoms with Gasteiger partial charge in [-0.25, -0.2) is 0 Å². The van der Waals surface area contributed by atoms with Crippen LogP contribution < -0.4 is 4.90 Å². The van der Waals surface area contributed by atoms with E-state index in [0.717, 1.165) is 61.4 Å². The minimum Gasteiger partial charge on any atom is -0.455 e. The maximum atomic E-state index is 6.38. The highest BCUT2D eigenvalue weighted by Gasteiger charge is 2.18. The molecule has 12 rings (SSSR count). The van der Waals surface area contributed by atoms with Gasteiger partial charge in [0.1, 0.15) is 11.2 Å². The van der Waals surface area contributed by atoms with Crippen LogP contribution in [0.1, 0.15) is 0 Å². The number of rotatable bonds is 8. The van der Waals surface area contributed by atoms with Crippen molar-refractivity contribution < 1.29 is 4.42 Å². The van der Waals surface area contributed by atoms with E-state index in [2.05, 4.69) is 240 Å². The first-order chi connectivity index (χ1) is 31.2. The van der Waals surface area contributed by atoms with Gasteiger partial charge in [0.15, 0.2) is 0 Å². The van der Waals surface area contributed by atoms with Crippen LogP contribution in [0.25, 0.3) is 93.9 Å². The number of nitrogens with zero attached hydrogens (tertiary/aromatic N) is 2. The van der Waals surface area contributed by atoms with Crippen LogP contribution in [0.5, 0.6) is 0 Å². The molecular weight excluding hydrogens is 765 g/mol. The zero-order valence-electron chi connectivity index (χ0n) is 34.4. The summed E-state index contributed by atoms with van der Waals surface area (Å²) in [7, 11) is 0. The lowest BCUT2D eigenvalue weighted by atomic mass is 9.98. The normalized spacial score (nSPS) is 11.5.